The molecule has 0 aromatic heterocycles. The minimum Gasteiger partial charge on any atom is -0.466 e. The van der Waals surface area contributed by atoms with Crippen LogP contribution in [0.2, 0.25) is 0 Å². The summed E-state index contributed by atoms with van der Waals surface area (Å²) >= 11 is 0. The number of esters is 1. The normalized spacial score (nSPS) is 12.7. The maximum atomic E-state index is 12.5. The maximum absolute atomic E-state index is 12.5. The zero-order valence-corrected chi connectivity index (χ0v) is 46.6. The van der Waals surface area contributed by atoms with Gasteiger partial charge >= 0.3 is 5.97 Å². The van der Waals surface area contributed by atoms with Crippen LogP contribution in [0.5, 0.6) is 0 Å². The molecule has 3 N–H and O–H groups in total. The topological polar surface area (TPSA) is 95.9 Å². The van der Waals surface area contributed by atoms with Crippen molar-refractivity contribution in [3.05, 3.63) is 24.3 Å². The van der Waals surface area contributed by atoms with Crippen LogP contribution in [-0.4, -0.2) is 47.4 Å². The van der Waals surface area contributed by atoms with Gasteiger partial charge in [0, 0.05) is 12.8 Å². The number of hydrogen-bond acceptors (Lipinski definition) is 5. The summed E-state index contributed by atoms with van der Waals surface area (Å²) in [5.41, 5.74) is 0. The van der Waals surface area contributed by atoms with E-state index >= 15 is 0 Å². The van der Waals surface area contributed by atoms with Crippen LogP contribution in [0.4, 0.5) is 0 Å². The molecule has 0 aliphatic carbocycles. The Hall–Kier alpha value is -1.66. The monoisotopic (exact) mass is 972 g/mol. The van der Waals surface area contributed by atoms with Crippen LogP contribution in [0.1, 0.15) is 341 Å². The van der Waals surface area contributed by atoms with Gasteiger partial charge in [0.25, 0.3) is 0 Å². The predicted molar refractivity (Wildman–Crippen MR) is 301 cm³/mol. The van der Waals surface area contributed by atoms with Gasteiger partial charge in [-0.1, -0.05) is 295 Å². The summed E-state index contributed by atoms with van der Waals surface area (Å²) in [6.45, 7) is 4.90. The maximum Gasteiger partial charge on any atom is 0.305 e. The van der Waals surface area contributed by atoms with Crippen molar-refractivity contribution in [2.45, 2.75) is 353 Å². The predicted octanol–water partition coefficient (Wildman–Crippen LogP) is 19.4. The molecule has 408 valence electrons. The van der Waals surface area contributed by atoms with E-state index in [9.17, 15) is 19.8 Å². The van der Waals surface area contributed by atoms with Gasteiger partial charge in [-0.2, -0.15) is 0 Å². The molecule has 0 bridgehead atoms. The SMILES string of the molecule is CCCCCCCC/C=C\CCCCCCCCCCCC(=O)OCCCCCCCCCCCCCCCC(=O)NC(CO)C(O)/C=C/CCCCCCCCCCCCCCCCCCCC. The van der Waals surface area contributed by atoms with Gasteiger partial charge in [-0.15, -0.1) is 0 Å². The number of unbranched alkanes of at least 4 members (excludes halogenated alkanes) is 45. The van der Waals surface area contributed by atoms with E-state index in [-0.39, 0.29) is 18.5 Å². The van der Waals surface area contributed by atoms with Gasteiger partial charge in [0.05, 0.1) is 25.4 Å². The van der Waals surface area contributed by atoms with Crippen molar-refractivity contribution in [3.63, 3.8) is 0 Å². The molecule has 1 amide bonds. The zero-order chi connectivity index (χ0) is 50.0. The third-order valence-electron chi connectivity index (χ3n) is 14.5. The van der Waals surface area contributed by atoms with Crippen molar-refractivity contribution in [3.8, 4) is 0 Å². The molecule has 0 saturated carbocycles. The number of allylic oxidation sites excluding steroid dienone is 3. The molecule has 69 heavy (non-hydrogen) atoms. The van der Waals surface area contributed by atoms with Crippen LogP contribution in [-0.2, 0) is 14.3 Å². The van der Waals surface area contributed by atoms with Crippen molar-refractivity contribution >= 4 is 11.9 Å². The number of nitrogens with one attached hydrogen (secondary N) is 1. The standard InChI is InChI=1S/C63H121NO5/c1-3-5-7-9-11-13-15-17-19-21-23-25-26-28-31-35-39-43-47-51-55-61(66)60(59-65)64-62(67)56-52-48-44-40-36-32-30-34-38-42-46-50-54-58-69-63(68)57-53-49-45-41-37-33-29-27-24-22-20-18-16-14-12-10-8-6-4-2/h18,20,51,55,60-61,65-66H,3-17,19,21-50,52-54,56-59H2,1-2H3,(H,64,67)/b20-18-,55-51+. The summed E-state index contributed by atoms with van der Waals surface area (Å²) in [4.78, 5) is 24.6. The number of rotatable bonds is 58. The van der Waals surface area contributed by atoms with Gasteiger partial charge in [-0.05, 0) is 57.8 Å². The smallest absolute Gasteiger partial charge is 0.305 e. The molecule has 0 heterocycles. The van der Waals surface area contributed by atoms with Crippen LogP contribution in [0.25, 0.3) is 0 Å². The lowest BCUT2D eigenvalue weighted by Gasteiger charge is -2.20. The Morgan fingerprint density at radius 2 is 0.681 bits per heavy atom. The number of aliphatic hydroxyl groups excluding tert-OH is 2. The zero-order valence-electron chi connectivity index (χ0n) is 46.6. The van der Waals surface area contributed by atoms with Crippen molar-refractivity contribution in [1.82, 2.24) is 5.32 Å². The Morgan fingerprint density at radius 1 is 0.391 bits per heavy atom. The van der Waals surface area contributed by atoms with Crippen LogP contribution in [0.3, 0.4) is 0 Å². The van der Waals surface area contributed by atoms with Crippen LogP contribution >= 0.6 is 0 Å². The summed E-state index contributed by atoms with van der Waals surface area (Å²) in [6, 6.07) is -0.638. The van der Waals surface area contributed by atoms with Gasteiger partial charge < -0.3 is 20.3 Å². The second-order valence-electron chi connectivity index (χ2n) is 21.4. The van der Waals surface area contributed by atoms with Crippen LogP contribution in [0, 0.1) is 0 Å². The van der Waals surface area contributed by atoms with E-state index in [1.54, 1.807) is 6.08 Å². The summed E-state index contributed by atoms with van der Waals surface area (Å²) in [7, 11) is 0. The lowest BCUT2D eigenvalue weighted by Crippen LogP contribution is -2.45. The number of hydrogen-bond donors (Lipinski definition) is 3. The highest BCUT2D eigenvalue weighted by Gasteiger charge is 2.18. The van der Waals surface area contributed by atoms with Crippen molar-refractivity contribution in [2.75, 3.05) is 13.2 Å². The average Bonchev–Trinajstić information content (AvgIpc) is 3.35. The molecule has 0 aromatic carbocycles. The quantitative estimate of drug-likeness (QED) is 0.0321. The third kappa shape index (κ3) is 55.5. The molecule has 2 unspecified atom stereocenters. The fourth-order valence-electron chi connectivity index (χ4n) is 9.69. The molecule has 0 saturated heterocycles. The Labute approximate surface area is 431 Å². The summed E-state index contributed by atoms with van der Waals surface area (Å²) in [5.74, 6) is -0.0843. The minimum absolute atomic E-state index is 0.00651. The largest absolute Gasteiger partial charge is 0.466 e. The van der Waals surface area contributed by atoms with E-state index in [0.717, 1.165) is 57.8 Å². The molecule has 0 radical (unpaired) electrons. The van der Waals surface area contributed by atoms with Crippen LogP contribution < -0.4 is 5.32 Å². The van der Waals surface area contributed by atoms with Crippen molar-refractivity contribution in [2.24, 2.45) is 0 Å². The molecule has 2 atom stereocenters. The molecule has 0 aromatic rings. The van der Waals surface area contributed by atoms with E-state index in [1.807, 2.05) is 6.08 Å². The molecule has 0 rings (SSSR count). The first-order valence-electron chi connectivity index (χ1n) is 31.1. The second kappa shape index (κ2) is 58.9. The Morgan fingerprint density at radius 3 is 1.03 bits per heavy atom. The first-order chi connectivity index (χ1) is 34.0. The van der Waals surface area contributed by atoms with Gasteiger partial charge in [0.1, 0.15) is 0 Å². The fraction of sp³-hybridized carbons (Fsp3) is 0.905. The van der Waals surface area contributed by atoms with E-state index in [2.05, 4.69) is 31.3 Å². The highest BCUT2D eigenvalue weighted by molar-refractivity contribution is 5.76. The van der Waals surface area contributed by atoms with E-state index in [4.69, 9.17) is 4.74 Å². The first-order valence-corrected chi connectivity index (χ1v) is 31.1. The van der Waals surface area contributed by atoms with Crippen molar-refractivity contribution < 1.29 is 24.5 Å². The lowest BCUT2D eigenvalue weighted by molar-refractivity contribution is -0.143. The number of amides is 1. The number of aliphatic hydroxyl groups is 2. The van der Waals surface area contributed by atoms with Gasteiger partial charge in [-0.25, -0.2) is 0 Å². The molecular weight excluding hydrogens is 851 g/mol. The number of carbonyl (C=O) groups is 2. The minimum atomic E-state index is -0.854. The molecule has 0 fully saturated rings. The Balaban J connectivity index is 3.46. The fourth-order valence-corrected chi connectivity index (χ4v) is 9.69. The highest BCUT2D eigenvalue weighted by Crippen LogP contribution is 2.17. The number of carbonyl (C=O) groups excluding carboxylic acids is 2. The molecule has 0 aliphatic rings. The molecular formula is C63H121NO5. The molecule has 0 aliphatic heterocycles. The highest BCUT2D eigenvalue weighted by atomic mass is 16.5. The molecule has 0 spiro atoms. The van der Waals surface area contributed by atoms with E-state index < -0.39 is 12.1 Å². The summed E-state index contributed by atoms with van der Waals surface area (Å²) in [6.07, 6.45) is 72.1. The van der Waals surface area contributed by atoms with E-state index in [1.165, 1.54) is 257 Å². The van der Waals surface area contributed by atoms with Crippen LogP contribution in [0.15, 0.2) is 24.3 Å². The van der Waals surface area contributed by atoms with Gasteiger partial charge in [0.2, 0.25) is 5.91 Å². The van der Waals surface area contributed by atoms with Crippen molar-refractivity contribution in [1.29, 1.82) is 0 Å². The Kier molecular flexibility index (Phi) is 57.5. The third-order valence-corrected chi connectivity index (χ3v) is 14.5. The molecule has 6 heteroatoms. The van der Waals surface area contributed by atoms with E-state index in [0.29, 0.717) is 19.4 Å². The van der Waals surface area contributed by atoms with Gasteiger partial charge in [-0.3, -0.25) is 9.59 Å². The lowest BCUT2D eigenvalue weighted by atomic mass is 10.0. The average molecular weight is 973 g/mol. The number of ether oxygens (including phenoxy) is 1. The Bertz CT molecular complexity index is 1080. The summed E-state index contributed by atoms with van der Waals surface area (Å²) < 4.78 is 5.49. The first kappa shape index (κ1) is 67.3. The van der Waals surface area contributed by atoms with Gasteiger partial charge in [0.15, 0.2) is 0 Å². The second-order valence-corrected chi connectivity index (χ2v) is 21.4. The summed E-state index contributed by atoms with van der Waals surface area (Å²) in [5, 5.41) is 23.2. The molecule has 6 nitrogen and oxygen atoms in total.